The van der Waals surface area contributed by atoms with E-state index in [2.05, 4.69) is 11.1 Å². The van der Waals surface area contributed by atoms with Crippen LogP contribution in [0.25, 0.3) is 0 Å². The first-order valence-electron chi connectivity index (χ1n) is 4.97. The van der Waals surface area contributed by atoms with Gasteiger partial charge in [-0.05, 0) is 26.7 Å². The van der Waals surface area contributed by atoms with Gasteiger partial charge in [0, 0.05) is 18.9 Å². The smallest absolute Gasteiger partial charge is 0.268 e. The number of aromatic nitrogens is 2. The fourth-order valence-corrected chi connectivity index (χ4v) is 1.31. The molecule has 0 saturated carbocycles. The molecule has 0 atom stereocenters. The van der Waals surface area contributed by atoms with Gasteiger partial charge >= 0.3 is 0 Å². The van der Waals surface area contributed by atoms with Crippen molar-refractivity contribution in [2.75, 3.05) is 0 Å². The highest BCUT2D eigenvalue weighted by Crippen LogP contribution is 2.20. The summed E-state index contributed by atoms with van der Waals surface area (Å²) in [5.41, 5.74) is -0.399. The largest absolute Gasteiger partial charge is 0.313 e. The second-order valence-electron chi connectivity index (χ2n) is 4.21. The van der Waals surface area contributed by atoms with Crippen LogP contribution >= 0.6 is 0 Å². The van der Waals surface area contributed by atoms with E-state index >= 15 is 0 Å². The van der Waals surface area contributed by atoms with E-state index in [0.29, 0.717) is 6.54 Å². The van der Waals surface area contributed by atoms with Gasteiger partial charge in [0.25, 0.3) is 5.56 Å². The maximum atomic E-state index is 11.3. The summed E-state index contributed by atoms with van der Waals surface area (Å²) < 4.78 is 1.61. The third-order valence-electron chi connectivity index (χ3n) is 2.30. The lowest BCUT2D eigenvalue weighted by molar-refractivity contribution is 0.413. The second-order valence-corrected chi connectivity index (χ2v) is 4.21. The molecule has 0 amide bonds. The zero-order chi connectivity index (χ0) is 11.3. The molecule has 15 heavy (non-hydrogen) atoms. The molecule has 0 aliphatic heterocycles. The Morgan fingerprint density at radius 1 is 1.60 bits per heavy atom. The van der Waals surface area contributed by atoms with Crippen LogP contribution in [-0.4, -0.2) is 9.55 Å². The van der Waals surface area contributed by atoms with Gasteiger partial charge in [0.05, 0.1) is 17.7 Å². The van der Waals surface area contributed by atoms with Gasteiger partial charge in [0.15, 0.2) is 0 Å². The van der Waals surface area contributed by atoms with Crippen LogP contribution in [0.5, 0.6) is 0 Å². The Kier molecular flexibility index (Phi) is 3.62. The molecule has 0 bridgehead atoms. The van der Waals surface area contributed by atoms with Crippen molar-refractivity contribution in [1.29, 1.82) is 5.26 Å². The Balaban J connectivity index is 2.50. The van der Waals surface area contributed by atoms with E-state index in [1.165, 1.54) is 6.20 Å². The van der Waals surface area contributed by atoms with Gasteiger partial charge in [-0.3, -0.25) is 9.78 Å². The minimum absolute atomic E-state index is 0.0905. The van der Waals surface area contributed by atoms with Crippen LogP contribution in [0.4, 0.5) is 0 Å². The molecule has 0 fully saturated rings. The maximum Gasteiger partial charge on any atom is 0.268 e. The molecule has 0 aliphatic rings. The first kappa shape index (κ1) is 11.4. The van der Waals surface area contributed by atoms with Gasteiger partial charge in [0.2, 0.25) is 0 Å². The maximum absolute atomic E-state index is 11.3. The molecule has 0 unspecified atom stereocenters. The van der Waals surface area contributed by atoms with Crippen LogP contribution in [0.15, 0.2) is 23.4 Å². The van der Waals surface area contributed by atoms with E-state index in [1.807, 2.05) is 13.8 Å². The zero-order valence-electron chi connectivity index (χ0n) is 9.10. The first-order valence-corrected chi connectivity index (χ1v) is 4.97. The minimum Gasteiger partial charge on any atom is -0.313 e. The second kappa shape index (κ2) is 4.74. The predicted molar refractivity (Wildman–Crippen MR) is 57.1 cm³/mol. The van der Waals surface area contributed by atoms with E-state index in [-0.39, 0.29) is 11.0 Å². The summed E-state index contributed by atoms with van der Waals surface area (Å²) in [6.45, 7) is 4.46. The van der Waals surface area contributed by atoms with Crippen molar-refractivity contribution in [1.82, 2.24) is 9.55 Å². The zero-order valence-corrected chi connectivity index (χ0v) is 9.10. The molecular formula is C11H15N3O. The molecule has 1 rings (SSSR count). The van der Waals surface area contributed by atoms with E-state index in [4.69, 9.17) is 5.26 Å². The lowest BCUT2D eigenvalue weighted by Crippen LogP contribution is -2.20. The highest BCUT2D eigenvalue weighted by Gasteiger charge is 2.15. The van der Waals surface area contributed by atoms with E-state index in [0.717, 1.165) is 12.8 Å². The lowest BCUT2D eigenvalue weighted by atomic mass is 9.90. The molecule has 4 nitrogen and oxygen atoms in total. The van der Waals surface area contributed by atoms with Crippen LogP contribution in [0.3, 0.4) is 0 Å². The third-order valence-corrected chi connectivity index (χ3v) is 2.30. The van der Waals surface area contributed by atoms with Crippen LogP contribution in [-0.2, 0) is 6.54 Å². The fourth-order valence-electron chi connectivity index (χ4n) is 1.31. The van der Waals surface area contributed by atoms with Crippen molar-refractivity contribution in [2.45, 2.75) is 33.2 Å². The van der Waals surface area contributed by atoms with Gasteiger partial charge in [0.1, 0.15) is 0 Å². The number of nitrogens with zero attached hydrogens (tertiary/aromatic N) is 3. The highest BCUT2D eigenvalue weighted by molar-refractivity contribution is 4.91. The van der Waals surface area contributed by atoms with E-state index in [9.17, 15) is 4.79 Å². The van der Waals surface area contributed by atoms with Crippen molar-refractivity contribution < 1.29 is 0 Å². The highest BCUT2D eigenvalue weighted by atomic mass is 16.1. The molecule has 0 spiro atoms. The molecule has 1 aromatic rings. The molecule has 0 aliphatic carbocycles. The van der Waals surface area contributed by atoms with Crippen LogP contribution in [0.2, 0.25) is 0 Å². The monoisotopic (exact) mass is 205 g/mol. The number of rotatable bonds is 4. The van der Waals surface area contributed by atoms with Crippen molar-refractivity contribution in [3.63, 3.8) is 0 Å². The van der Waals surface area contributed by atoms with Gasteiger partial charge < -0.3 is 4.57 Å². The number of hydrogen-bond donors (Lipinski definition) is 0. The van der Waals surface area contributed by atoms with Crippen molar-refractivity contribution >= 4 is 0 Å². The van der Waals surface area contributed by atoms with Crippen LogP contribution in [0.1, 0.15) is 26.7 Å². The number of nitriles is 1. The van der Waals surface area contributed by atoms with Crippen LogP contribution < -0.4 is 5.56 Å². The average molecular weight is 205 g/mol. The molecular weight excluding hydrogens is 190 g/mol. The van der Waals surface area contributed by atoms with Gasteiger partial charge in [-0.25, -0.2) is 0 Å². The summed E-state index contributed by atoms with van der Waals surface area (Å²) in [7, 11) is 0. The normalized spacial score (nSPS) is 11.0. The lowest BCUT2D eigenvalue weighted by Gasteiger charge is -2.14. The van der Waals surface area contributed by atoms with E-state index in [1.54, 1.807) is 17.0 Å². The molecule has 0 aromatic carbocycles. The van der Waals surface area contributed by atoms with Gasteiger partial charge in [-0.15, -0.1) is 0 Å². The summed E-state index contributed by atoms with van der Waals surface area (Å²) >= 11 is 0. The topological polar surface area (TPSA) is 58.7 Å². The summed E-state index contributed by atoms with van der Waals surface area (Å²) in [6.07, 6.45) is 6.18. The standard InChI is InChI=1S/C11H15N3O/c1-11(2,9-12)4-3-6-14-7-5-13-8-10(14)15/h5,7-8H,3-4,6H2,1-2H3. The Labute approximate surface area is 89.2 Å². The Bertz CT molecular complexity index is 414. The summed E-state index contributed by atoms with van der Waals surface area (Å²) in [5, 5.41) is 8.82. The van der Waals surface area contributed by atoms with E-state index < -0.39 is 0 Å². The molecule has 0 saturated heterocycles. The Morgan fingerprint density at radius 3 is 2.93 bits per heavy atom. The summed E-state index contributed by atoms with van der Waals surface area (Å²) in [4.78, 5) is 15.0. The van der Waals surface area contributed by atoms with Gasteiger partial charge in [-0.1, -0.05) is 0 Å². The molecule has 4 heteroatoms. The summed E-state index contributed by atoms with van der Waals surface area (Å²) in [6, 6.07) is 2.24. The number of aryl methyl sites for hydroxylation is 1. The first-order chi connectivity index (χ1) is 7.05. The molecule has 80 valence electrons. The molecule has 0 radical (unpaired) electrons. The SMILES string of the molecule is CC(C)(C#N)CCCn1ccncc1=O. The quantitative estimate of drug-likeness (QED) is 0.749. The minimum atomic E-state index is -0.309. The van der Waals surface area contributed by atoms with Crippen molar-refractivity contribution in [3.05, 3.63) is 28.9 Å². The Morgan fingerprint density at radius 2 is 2.33 bits per heavy atom. The third kappa shape index (κ3) is 3.55. The average Bonchev–Trinajstić information content (AvgIpc) is 2.21. The predicted octanol–water partition coefficient (Wildman–Crippen LogP) is 1.57. The Hall–Kier alpha value is -1.63. The van der Waals surface area contributed by atoms with Gasteiger partial charge in [-0.2, -0.15) is 5.26 Å². The van der Waals surface area contributed by atoms with Crippen molar-refractivity contribution in [3.8, 4) is 6.07 Å². The molecule has 0 N–H and O–H groups in total. The van der Waals surface area contributed by atoms with Crippen LogP contribution in [0, 0.1) is 16.7 Å². The molecule has 1 aromatic heterocycles. The summed E-state index contributed by atoms with van der Waals surface area (Å²) in [5.74, 6) is 0. The van der Waals surface area contributed by atoms with Crippen molar-refractivity contribution in [2.24, 2.45) is 5.41 Å². The molecule has 1 heterocycles. The number of hydrogen-bond acceptors (Lipinski definition) is 3. The fraction of sp³-hybridized carbons (Fsp3) is 0.545.